The number of pyridine rings is 2. The first-order chi connectivity index (χ1) is 15.3. The molecule has 4 rings (SSSR count). The molecule has 0 atom stereocenters. The van der Waals surface area contributed by atoms with Gasteiger partial charge in [-0.3, -0.25) is 4.90 Å². The van der Waals surface area contributed by atoms with E-state index in [0.29, 0.717) is 49.6 Å². The summed E-state index contributed by atoms with van der Waals surface area (Å²) < 4.78 is 5.87. The second-order valence-corrected chi connectivity index (χ2v) is 9.06. The quantitative estimate of drug-likeness (QED) is 0.507. The summed E-state index contributed by atoms with van der Waals surface area (Å²) in [6.07, 6.45) is 1.95. The number of halogens is 1. The molecule has 1 fully saturated rings. The Hall–Kier alpha value is -2.91. The fraction of sp³-hybridized carbons (Fsp3) is 0.478. The van der Waals surface area contributed by atoms with Crippen LogP contribution in [-0.4, -0.2) is 44.8 Å². The van der Waals surface area contributed by atoms with Crippen LogP contribution in [0.5, 0.6) is 5.88 Å². The standard InChI is InChI=1S/C23H25ClN6O2/c1-14-15(3-4-20(28-14)32-16-9-23(2,31)10-16)12-30-8-5-17-19(13-30)18(11-26)21(24)29-22(17)27-7-6-25/h3-4,16,31H,5,7-10,12-13H2,1-2H3,(H,27,29). The second-order valence-electron chi connectivity index (χ2n) is 8.71. The molecule has 0 bridgehead atoms. The van der Waals surface area contributed by atoms with Crippen LogP contribution in [0.3, 0.4) is 0 Å². The van der Waals surface area contributed by atoms with Crippen molar-refractivity contribution in [3.05, 3.63) is 45.2 Å². The molecule has 0 spiro atoms. The molecule has 0 radical (unpaired) electrons. The summed E-state index contributed by atoms with van der Waals surface area (Å²) in [7, 11) is 0. The Morgan fingerprint density at radius 3 is 2.75 bits per heavy atom. The fourth-order valence-corrected chi connectivity index (χ4v) is 4.63. The smallest absolute Gasteiger partial charge is 0.213 e. The Balaban J connectivity index is 1.48. The van der Waals surface area contributed by atoms with Crippen LogP contribution in [-0.2, 0) is 19.5 Å². The van der Waals surface area contributed by atoms with Crippen molar-refractivity contribution >= 4 is 17.4 Å². The molecule has 0 amide bonds. The van der Waals surface area contributed by atoms with E-state index in [2.05, 4.69) is 26.3 Å². The van der Waals surface area contributed by atoms with Gasteiger partial charge in [0.1, 0.15) is 29.7 Å². The summed E-state index contributed by atoms with van der Waals surface area (Å²) in [5.41, 5.74) is 3.56. The molecular formula is C23H25ClN6O2. The number of nitrogens with one attached hydrogen (secondary N) is 1. The third-order valence-electron chi connectivity index (χ3n) is 6.06. The van der Waals surface area contributed by atoms with Gasteiger partial charge < -0.3 is 15.2 Å². The van der Waals surface area contributed by atoms with Gasteiger partial charge in [0, 0.05) is 49.8 Å². The Morgan fingerprint density at radius 2 is 2.09 bits per heavy atom. The lowest BCUT2D eigenvalue weighted by molar-refractivity contribution is -0.0903. The van der Waals surface area contributed by atoms with Gasteiger partial charge in [-0.1, -0.05) is 17.7 Å². The molecule has 166 valence electrons. The Labute approximate surface area is 192 Å². The topological polar surface area (TPSA) is 118 Å². The number of rotatable bonds is 6. The number of aryl methyl sites for hydroxylation is 1. The number of anilines is 1. The highest BCUT2D eigenvalue weighted by atomic mass is 35.5. The van der Waals surface area contributed by atoms with Crippen LogP contribution in [0.1, 0.15) is 47.7 Å². The first kappa shape index (κ1) is 22.3. The van der Waals surface area contributed by atoms with Crippen molar-refractivity contribution in [3.8, 4) is 18.0 Å². The first-order valence-corrected chi connectivity index (χ1v) is 11.0. The van der Waals surface area contributed by atoms with Gasteiger partial charge in [0.05, 0.1) is 17.2 Å². The van der Waals surface area contributed by atoms with Gasteiger partial charge in [-0.2, -0.15) is 10.5 Å². The molecule has 32 heavy (non-hydrogen) atoms. The molecular weight excluding hydrogens is 428 g/mol. The zero-order valence-electron chi connectivity index (χ0n) is 18.2. The van der Waals surface area contributed by atoms with Crippen molar-refractivity contribution in [2.24, 2.45) is 0 Å². The van der Waals surface area contributed by atoms with Gasteiger partial charge in [-0.25, -0.2) is 9.97 Å². The largest absolute Gasteiger partial charge is 0.474 e. The molecule has 3 heterocycles. The van der Waals surface area contributed by atoms with E-state index in [9.17, 15) is 10.4 Å². The van der Waals surface area contributed by atoms with Gasteiger partial charge in [-0.05, 0) is 31.4 Å². The number of nitriles is 2. The summed E-state index contributed by atoms with van der Waals surface area (Å²) in [5, 5.41) is 31.5. The Morgan fingerprint density at radius 1 is 1.31 bits per heavy atom. The minimum Gasteiger partial charge on any atom is -0.474 e. The summed E-state index contributed by atoms with van der Waals surface area (Å²) in [6.45, 7) is 5.94. The highest BCUT2D eigenvalue weighted by Crippen LogP contribution is 2.35. The van der Waals surface area contributed by atoms with Gasteiger partial charge in [0.2, 0.25) is 5.88 Å². The summed E-state index contributed by atoms with van der Waals surface area (Å²) >= 11 is 6.26. The van der Waals surface area contributed by atoms with Gasteiger partial charge >= 0.3 is 0 Å². The molecule has 2 aromatic rings. The van der Waals surface area contributed by atoms with Crippen LogP contribution in [0, 0.1) is 29.6 Å². The molecule has 0 unspecified atom stereocenters. The maximum absolute atomic E-state index is 9.87. The minimum atomic E-state index is -0.630. The Bertz CT molecular complexity index is 1110. The third-order valence-corrected chi connectivity index (χ3v) is 6.33. The molecule has 1 aliphatic carbocycles. The number of ether oxygens (including phenoxy) is 1. The predicted molar refractivity (Wildman–Crippen MR) is 119 cm³/mol. The van der Waals surface area contributed by atoms with E-state index < -0.39 is 5.60 Å². The van der Waals surface area contributed by atoms with Crippen molar-refractivity contribution in [2.75, 3.05) is 18.4 Å². The SMILES string of the molecule is Cc1nc(OC2CC(C)(O)C2)ccc1CN1CCc2c(NCC#N)nc(Cl)c(C#N)c2C1. The van der Waals surface area contributed by atoms with Crippen molar-refractivity contribution in [2.45, 2.75) is 57.9 Å². The number of hydrogen-bond donors (Lipinski definition) is 2. The van der Waals surface area contributed by atoms with Crippen molar-refractivity contribution in [3.63, 3.8) is 0 Å². The average molecular weight is 453 g/mol. The monoisotopic (exact) mass is 452 g/mol. The van der Waals surface area contributed by atoms with Crippen LogP contribution in [0.25, 0.3) is 0 Å². The van der Waals surface area contributed by atoms with Crippen LogP contribution in [0.4, 0.5) is 5.82 Å². The van der Waals surface area contributed by atoms with Gasteiger partial charge in [0.15, 0.2) is 0 Å². The van der Waals surface area contributed by atoms with Crippen LogP contribution in [0.15, 0.2) is 12.1 Å². The highest BCUT2D eigenvalue weighted by molar-refractivity contribution is 6.30. The van der Waals surface area contributed by atoms with E-state index in [1.54, 1.807) is 0 Å². The number of nitrogens with zero attached hydrogens (tertiary/aromatic N) is 5. The van der Waals surface area contributed by atoms with Crippen LogP contribution in [0.2, 0.25) is 5.15 Å². The van der Waals surface area contributed by atoms with Crippen molar-refractivity contribution < 1.29 is 9.84 Å². The molecule has 0 aromatic carbocycles. The summed E-state index contributed by atoms with van der Waals surface area (Å²) in [4.78, 5) is 11.1. The Kier molecular flexibility index (Phi) is 6.21. The third kappa shape index (κ3) is 4.63. The maximum Gasteiger partial charge on any atom is 0.213 e. The van der Waals surface area contributed by atoms with E-state index in [1.807, 2.05) is 32.0 Å². The molecule has 2 aliphatic rings. The number of aliphatic hydroxyl groups is 1. The van der Waals surface area contributed by atoms with Crippen LogP contribution < -0.4 is 10.1 Å². The molecule has 8 nitrogen and oxygen atoms in total. The molecule has 9 heteroatoms. The van der Waals surface area contributed by atoms with E-state index >= 15 is 0 Å². The zero-order valence-corrected chi connectivity index (χ0v) is 18.9. The molecule has 1 saturated carbocycles. The van der Waals surface area contributed by atoms with E-state index in [1.165, 1.54) is 0 Å². The first-order valence-electron chi connectivity index (χ1n) is 10.6. The number of aromatic nitrogens is 2. The molecule has 2 aromatic heterocycles. The summed E-state index contributed by atoms with van der Waals surface area (Å²) in [5.74, 6) is 1.16. The predicted octanol–water partition coefficient (Wildman–Crippen LogP) is 3.10. The lowest BCUT2D eigenvalue weighted by atomic mass is 9.79. The lowest BCUT2D eigenvalue weighted by Gasteiger charge is -2.40. The zero-order chi connectivity index (χ0) is 22.9. The van der Waals surface area contributed by atoms with Crippen molar-refractivity contribution in [1.29, 1.82) is 10.5 Å². The molecule has 1 aliphatic heterocycles. The molecule has 0 saturated heterocycles. The van der Waals surface area contributed by atoms with Crippen molar-refractivity contribution in [1.82, 2.24) is 14.9 Å². The normalized spacial score (nSPS) is 22.2. The maximum atomic E-state index is 9.87. The fourth-order valence-electron chi connectivity index (χ4n) is 4.39. The summed E-state index contributed by atoms with van der Waals surface area (Å²) in [6, 6.07) is 8.13. The number of fused-ring (bicyclic) bond motifs is 1. The van der Waals surface area contributed by atoms with E-state index in [-0.39, 0.29) is 17.8 Å². The minimum absolute atomic E-state index is 0.00736. The second kappa shape index (κ2) is 8.91. The average Bonchev–Trinajstić information content (AvgIpc) is 2.72. The van der Waals surface area contributed by atoms with E-state index in [0.717, 1.165) is 28.9 Å². The highest BCUT2D eigenvalue weighted by Gasteiger charge is 2.40. The van der Waals surface area contributed by atoms with Crippen LogP contribution >= 0.6 is 11.6 Å². The molecule has 2 N–H and O–H groups in total. The van der Waals surface area contributed by atoms with Gasteiger partial charge in [-0.15, -0.1) is 0 Å². The van der Waals surface area contributed by atoms with E-state index in [4.69, 9.17) is 21.6 Å². The lowest BCUT2D eigenvalue weighted by Crippen LogP contribution is -2.47. The number of hydrogen-bond acceptors (Lipinski definition) is 8. The van der Waals surface area contributed by atoms with Gasteiger partial charge in [0.25, 0.3) is 0 Å².